The summed E-state index contributed by atoms with van der Waals surface area (Å²) < 4.78 is 0. The van der Waals surface area contributed by atoms with Gasteiger partial charge in [-0.05, 0) is 62.8 Å². The van der Waals surface area contributed by atoms with Crippen molar-refractivity contribution >= 4 is 23.1 Å². The molecule has 1 saturated heterocycles. The number of hydrogen-bond donors (Lipinski definition) is 2. The van der Waals surface area contributed by atoms with Crippen molar-refractivity contribution in [3.05, 3.63) is 36.0 Å². The summed E-state index contributed by atoms with van der Waals surface area (Å²) in [6.45, 7) is 6.69. The van der Waals surface area contributed by atoms with Crippen LogP contribution >= 0.6 is 0 Å². The van der Waals surface area contributed by atoms with Gasteiger partial charge in [-0.2, -0.15) is 4.98 Å². The van der Waals surface area contributed by atoms with Gasteiger partial charge in [0.2, 0.25) is 5.95 Å². The van der Waals surface area contributed by atoms with Crippen LogP contribution in [0.2, 0.25) is 0 Å². The highest BCUT2D eigenvalue weighted by molar-refractivity contribution is 5.60. The van der Waals surface area contributed by atoms with Crippen molar-refractivity contribution in [2.45, 2.75) is 64.8 Å². The number of aryl methyl sites for hydroxylation is 1. The zero-order valence-corrected chi connectivity index (χ0v) is 17.2. The lowest BCUT2D eigenvalue weighted by Crippen LogP contribution is -2.32. The maximum Gasteiger partial charge on any atom is 0.229 e. The summed E-state index contributed by atoms with van der Waals surface area (Å²) in [7, 11) is 0. The van der Waals surface area contributed by atoms with Gasteiger partial charge in [0, 0.05) is 42.3 Å². The highest BCUT2D eigenvalue weighted by Crippen LogP contribution is 2.26. The molecule has 150 valence electrons. The molecule has 2 heterocycles. The number of benzene rings is 1. The Labute approximate surface area is 169 Å². The Morgan fingerprint density at radius 2 is 1.64 bits per heavy atom. The van der Waals surface area contributed by atoms with Gasteiger partial charge in [-0.25, -0.2) is 4.98 Å². The van der Waals surface area contributed by atoms with E-state index in [1.165, 1.54) is 50.6 Å². The molecule has 1 aliphatic carbocycles. The zero-order chi connectivity index (χ0) is 19.3. The van der Waals surface area contributed by atoms with Crippen molar-refractivity contribution in [3.8, 4) is 0 Å². The summed E-state index contributed by atoms with van der Waals surface area (Å²) >= 11 is 0. The van der Waals surface area contributed by atoms with Crippen LogP contribution in [0.1, 0.15) is 57.6 Å². The van der Waals surface area contributed by atoms with Crippen LogP contribution in [-0.2, 0) is 0 Å². The Hall–Kier alpha value is -2.30. The maximum atomic E-state index is 4.70. The minimum atomic E-state index is 0.544. The molecule has 2 aromatic rings. The summed E-state index contributed by atoms with van der Waals surface area (Å²) in [5.41, 5.74) is 3.32. The van der Waals surface area contributed by atoms with E-state index in [4.69, 9.17) is 4.98 Å². The highest BCUT2D eigenvalue weighted by atomic mass is 15.2. The summed E-state index contributed by atoms with van der Waals surface area (Å²) in [5.74, 6) is 2.45. The van der Waals surface area contributed by atoms with E-state index in [2.05, 4.69) is 51.7 Å². The van der Waals surface area contributed by atoms with Gasteiger partial charge in [0.15, 0.2) is 0 Å². The fraction of sp³-hybridized carbons (Fsp3) is 0.565. The summed E-state index contributed by atoms with van der Waals surface area (Å²) in [4.78, 5) is 11.8. The lowest BCUT2D eigenvalue weighted by Gasteiger charge is -2.32. The highest BCUT2D eigenvalue weighted by Gasteiger charge is 2.16. The Morgan fingerprint density at radius 3 is 2.36 bits per heavy atom. The summed E-state index contributed by atoms with van der Waals surface area (Å²) in [5, 5.41) is 6.98. The van der Waals surface area contributed by atoms with Crippen LogP contribution in [0, 0.1) is 12.8 Å². The van der Waals surface area contributed by atoms with Gasteiger partial charge in [-0.1, -0.05) is 26.2 Å². The van der Waals surface area contributed by atoms with E-state index in [-0.39, 0.29) is 0 Å². The molecule has 0 amide bonds. The third kappa shape index (κ3) is 4.94. The Balaban J connectivity index is 1.40. The molecular weight excluding hydrogens is 346 g/mol. The van der Waals surface area contributed by atoms with Gasteiger partial charge in [0.25, 0.3) is 0 Å². The van der Waals surface area contributed by atoms with E-state index < -0.39 is 0 Å². The molecule has 2 N–H and O–H groups in total. The van der Waals surface area contributed by atoms with E-state index in [1.54, 1.807) is 0 Å². The van der Waals surface area contributed by atoms with E-state index in [0.29, 0.717) is 12.0 Å². The molecule has 5 nitrogen and oxygen atoms in total. The topological polar surface area (TPSA) is 53.1 Å². The van der Waals surface area contributed by atoms with Gasteiger partial charge in [-0.3, -0.25) is 0 Å². The second-order valence-electron chi connectivity index (χ2n) is 8.54. The summed E-state index contributed by atoms with van der Waals surface area (Å²) in [6.07, 6.45) is 9.04. The van der Waals surface area contributed by atoms with Crippen LogP contribution in [0.5, 0.6) is 0 Å². The second-order valence-corrected chi connectivity index (χ2v) is 8.54. The smallest absolute Gasteiger partial charge is 0.229 e. The Kier molecular flexibility index (Phi) is 5.98. The second kappa shape index (κ2) is 8.80. The zero-order valence-electron chi connectivity index (χ0n) is 17.2. The quantitative estimate of drug-likeness (QED) is 0.717. The van der Waals surface area contributed by atoms with Gasteiger partial charge >= 0.3 is 0 Å². The maximum absolute atomic E-state index is 4.70. The molecule has 28 heavy (non-hydrogen) atoms. The van der Waals surface area contributed by atoms with Gasteiger partial charge < -0.3 is 15.5 Å². The number of hydrogen-bond acceptors (Lipinski definition) is 5. The minimum absolute atomic E-state index is 0.544. The number of rotatable bonds is 5. The van der Waals surface area contributed by atoms with Crippen molar-refractivity contribution in [2.24, 2.45) is 5.92 Å². The molecule has 1 aromatic heterocycles. The van der Waals surface area contributed by atoms with E-state index in [9.17, 15) is 0 Å². The molecule has 0 atom stereocenters. The average Bonchev–Trinajstić information content (AvgIpc) is 2.70. The minimum Gasteiger partial charge on any atom is -0.372 e. The van der Waals surface area contributed by atoms with Gasteiger partial charge in [-0.15, -0.1) is 0 Å². The average molecular weight is 380 g/mol. The van der Waals surface area contributed by atoms with E-state index in [1.807, 2.05) is 13.0 Å². The molecule has 4 rings (SSSR count). The molecule has 0 spiro atoms. The van der Waals surface area contributed by atoms with E-state index in [0.717, 1.165) is 36.2 Å². The van der Waals surface area contributed by atoms with Crippen LogP contribution in [0.25, 0.3) is 0 Å². The summed E-state index contributed by atoms with van der Waals surface area (Å²) in [6, 6.07) is 11.3. The standard InChI is InChI=1S/C23H33N5/c1-17-12-14-28(15-13-17)21-10-8-20(9-11-21)26-23-24-18(2)16-22(27-23)25-19-6-4-3-5-7-19/h8-11,16-17,19H,3-7,12-15H2,1-2H3,(H2,24,25,26,27). The molecule has 0 radical (unpaired) electrons. The molecule has 0 unspecified atom stereocenters. The Bertz CT molecular complexity index is 759. The fourth-order valence-corrected chi connectivity index (χ4v) is 4.31. The first-order valence-electron chi connectivity index (χ1n) is 10.9. The predicted octanol–water partition coefficient (Wildman–Crippen LogP) is 5.51. The van der Waals surface area contributed by atoms with Crippen LogP contribution in [-0.4, -0.2) is 29.1 Å². The van der Waals surface area contributed by atoms with Crippen molar-refractivity contribution in [1.82, 2.24) is 9.97 Å². The molecule has 1 aromatic carbocycles. The number of nitrogens with zero attached hydrogens (tertiary/aromatic N) is 3. The number of piperidine rings is 1. The lowest BCUT2D eigenvalue weighted by atomic mass is 9.95. The first-order valence-corrected chi connectivity index (χ1v) is 10.9. The van der Waals surface area contributed by atoms with Crippen LogP contribution < -0.4 is 15.5 Å². The molecular formula is C23H33N5. The molecule has 0 bridgehead atoms. The number of nitrogens with one attached hydrogen (secondary N) is 2. The first-order chi connectivity index (χ1) is 13.7. The van der Waals surface area contributed by atoms with Crippen LogP contribution in [0.3, 0.4) is 0 Å². The number of aromatic nitrogens is 2. The molecule has 2 fully saturated rings. The molecule has 1 saturated carbocycles. The van der Waals surface area contributed by atoms with Crippen molar-refractivity contribution in [1.29, 1.82) is 0 Å². The fourth-order valence-electron chi connectivity index (χ4n) is 4.31. The number of anilines is 4. The first kappa shape index (κ1) is 19.0. The van der Waals surface area contributed by atoms with Crippen LogP contribution in [0.4, 0.5) is 23.1 Å². The van der Waals surface area contributed by atoms with Crippen molar-refractivity contribution in [2.75, 3.05) is 28.6 Å². The predicted molar refractivity (Wildman–Crippen MR) is 118 cm³/mol. The van der Waals surface area contributed by atoms with Gasteiger partial charge in [0.05, 0.1) is 0 Å². The molecule has 5 heteroatoms. The van der Waals surface area contributed by atoms with Crippen LogP contribution in [0.15, 0.2) is 30.3 Å². The monoisotopic (exact) mass is 379 g/mol. The lowest BCUT2D eigenvalue weighted by molar-refractivity contribution is 0.438. The van der Waals surface area contributed by atoms with Crippen molar-refractivity contribution in [3.63, 3.8) is 0 Å². The van der Waals surface area contributed by atoms with Gasteiger partial charge in [0.1, 0.15) is 5.82 Å². The Morgan fingerprint density at radius 1 is 0.929 bits per heavy atom. The normalized spacial score (nSPS) is 18.9. The SMILES string of the molecule is Cc1cc(NC2CCCCC2)nc(Nc2ccc(N3CCC(C)CC3)cc2)n1. The third-order valence-electron chi connectivity index (χ3n) is 6.08. The molecule has 2 aliphatic rings. The third-order valence-corrected chi connectivity index (χ3v) is 6.08. The van der Waals surface area contributed by atoms with E-state index >= 15 is 0 Å². The van der Waals surface area contributed by atoms with Crippen molar-refractivity contribution < 1.29 is 0 Å². The molecule has 1 aliphatic heterocycles. The largest absolute Gasteiger partial charge is 0.372 e.